The van der Waals surface area contributed by atoms with Crippen LogP contribution in [0.5, 0.6) is 0 Å². The highest BCUT2D eigenvalue weighted by Gasteiger charge is 2.30. The summed E-state index contributed by atoms with van der Waals surface area (Å²) in [6.07, 6.45) is 6.74. The summed E-state index contributed by atoms with van der Waals surface area (Å²) in [6.45, 7) is 5.11. The lowest BCUT2D eigenvalue weighted by atomic mass is 9.85. The zero-order valence-electron chi connectivity index (χ0n) is 20.6. The maximum absolute atomic E-state index is 13.6. The molecule has 2 aliphatic rings. The summed E-state index contributed by atoms with van der Waals surface area (Å²) in [7, 11) is -3.84. The second kappa shape index (κ2) is 11.1. The molecule has 1 aliphatic heterocycles. The highest BCUT2D eigenvalue weighted by atomic mass is 32.2. The lowest BCUT2D eigenvalue weighted by molar-refractivity contribution is -0.123. The normalized spacial score (nSPS) is 18.2. The summed E-state index contributed by atoms with van der Waals surface area (Å²) in [5.41, 5.74) is 2.82. The molecule has 0 saturated heterocycles. The number of halogens is 1. The van der Waals surface area contributed by atoms with Gasteiger partial charge in [0.05, 0.1) is 4.90 Å². The van der Waals surface area contributed by atoms with E-state index in [0.717, 1.165) is 55.5 Å². The van der Waals surface area contributed by atoms with Crippen LogP contribution in [0.25, 0.3) is 0 Å². The Labute approximate surface area is 208 Å². The summed E-state index contributed by atoms with van der Waals surface area (Å²) >= 11 is 0. The van der Waals surface area contributed by atoms with Crippen molar-refractivity contribution in [1.29, 1.82) is 0 Å². The quantitative estimate of drug-likeness (QED) is 0.537. The van der Waals surface area contributed by atoms with Crippen molar-refractivity contribution in [3.05, 3.63) is 59.4 Å². The minimum Gasteiger partial charge on any atom is -0.369 e. The van der Waals surface area contributed by atoms with Crippen molar-refractivity contribution in [1.82, 2.24) is 10.0 Å². The fourth-order valence-corrected chi connectivity index (χ4v) is 6.66. The first-order valence-electron chi connectivity index (χ1n) is 12.6. The number of carbonyl (C=O) groups is 1. The largest absolute Gasteiger partial charge is 0.369 e. The fourth-order valence-electron chi connectivity index (χ4n) is 5.35. The van der Waals surface area contributed by atoms with Gasteiger partial charge in [-0.05, 0) is 74.1 Å². The molecule has 35 heavy (non-hydrogen) atoms. The molecular weight excluding hydrogens is 465 g/mol. The molecule has 190 valence electrons. The van der Waals surface area contributed by atoms with Gasteiger partial charge >= 0.3 is 0 Å². The molecule has 0 radical (unpaired) electrons. The lowest BCUT2D eigenvalue weighted by Crippen LogP contribution is -2.52. The Balaban J connectivity index is 1.44. The number of aryl methyl sites for hydroxylation is 1. The molecule has 1 aliphatic carbocycles. The predicted octanol–water partition coefficient (Wildman–Crippen LogP) is 4.32. The molecule has 1 saturated carbocycles. The average molecular weight is 502 g/mol. The van der Waals surface area contributed by atoms with E-state index in [1.807, 2.05) is 19.9 Å². The van der Waals surface area contributed by atoms with E-state index >= 15 is 0 Å². The Bertz CT molecular complexity index is 1150. The van der Waals surface area contributed by atoms with E-state index in [1.165, 1.54) is 12.5 Å². The van der Waals surface area contributed by atoms with Gasteiger partial charge in [0.2, 0.25) is 15.9 Å². The predicted molar refractivity (Wildman–Crippen MR) is 136 cm³/mol. The molecular formula is C27H36FN3O3S. The van der Waals surface area contributed by atoms with Gasteiger partial charge in [0, 0.05) is 24.8 Å². The van der Waals surface area contributed by atoms with Gasteiger partial charge in [0.1, 0.15) is 11.9 Å². The molecule has 1 unspecified atom stereocenters. The fraction of sp³-hybridized carbons (Fsp3) is 0.519. The first-order chi connectivity index (χ1) is 16.7. The van der Waals surface area contributed by atoms with Crippen molar-refractivity contribution in [2.24, 2.45) is 5.92 Å². The van der Waals surface area contributed by atoms with Crippen LogP contribution >= 0.6 is 0 Å². The van der Waals surface area contributed by atoms with E-state index in [1.54, 1.807) is 30.3 Å². The molecule has 0 bridgehead atoms. The summed E-state index contributed by atoms with van der Waals surface area (Å²) in [5.74, 6) is -0.202. The van der Waals surface area contributed by atoms with Crippen molar-refractivity contribution in [2.45, 2.75) is 75.8 Å². The first-order valence-corrected chi connectivity index (χ1v) is 14.1. The first kappa shape index (κ1) is 25.6. The van der Waals surface area contributed by atoms with Gasteiger partial charge in [-0.25, -0.2) is 12.8 Å². The summed E-state index contributed by atoms with van der Waals surface area (Å²) in [4.78, 5) is 15.7. The molecule has 2 atom stereocenters. The van der Waals surface area contributed by atoms with E-state index in [2.05, 4.69) is 14.9 Å². The molecule has 6 nitrogen and oxygen atoms in total. The van der Waals surface area contributed by atoms with Crippen molar-refractivity contribution in [3.63, 3.8) is 0 Å². The summed E-state index contributed by atoms with van der Waals surface area (Å²) in [5, 5.41) is 3.04. The van der Waals surface area contributed by atoms with E-state index < -0.39 is 16.1 Å². The minimum atomic E-state index is -3.84. The van der Waals surface area contributed by atoms with Gasteiger partial charge < -0.3 is 10.2 Å². The Kier molecular flexibility index (Phi) is 8.12. The van der Waals surface area contributed by atoms with Crippen LogP contribution in [0, 0.1) is 18.7 Å². The third kappa shape index (κ3) is 6.61. The van der Waals surface area contributed by atoms with E-state index in [4.69, 9.17) is 0 Å². The van der Waals surface area contributed by atoms with Gasteiger partial charge in [-0.2, -0.15) is 4.72 Å². The van der Waals surface area contributed by atoms with Crippen LogP contribution in [0.2, 0.25) is 0 Å². The van der Waals surface area contributed by atoms with Gasteiger partial charge in [0.15, 0.2) is 0 Å². The zero-order valence-corrected chi connectivity index (χ0v) is 21.4. The molecule has 8 heteroatoms. The smallest absolute Gasteiger partial charge is 0.241 e. The maximum atomic E-state index is 13.6. The number of fused-ring (bicyclic) bond motifs is 1. The Morgan fingerprint density at radius 1 is 1.14 bits per heavy atom. The number of carbonyl (C=O) groups excluding carboxylic acids is 1. The number of nitrogens with one attached hydrogen (secondary N) is 2. The summed E-state index contributed by atoms with van der Waals surface area (Å²) in [6, 6.07) is 10.5. The number of anilines is 1. The number of rotatable bonds is 9. The van der Waals surface area contributed by atoms with Crippen LogP contribution in [0.1, 0.15) is 56.6 Å². The van der Waals surface area contributed by atoms with E-state index in [0.29, 0.717) is 18.9 Å². The topological polar surface area (TPSA) is 78.5 Å². The highest BCUT2D eigenvalue weighted by molar-refractivity contribution is 7.89. The highest BCUT2D eigenvalue weighted by Crippen LogP contribution is 2.29. The van der Waals surface area contributed by atoms with Crippen LogP contribution < -0.4 is 14.9 Å². The molecule has 1 heterocycles. The van der Waals surface area contributed by atoms with Crippen molar-refractivity contribution in [3.8, 4) is 0 Å². The number of nitrogens with zero attached hydrogens (tertiary/aromatic N) is 1. The van der Waals surface area contributed by atoms with E-state index in [9.17, 15) is 17.6 Å². The number of hydrogen-bond donors (Lipinski definition) is 2. The second-order valence-corrected chi connectivity index (χ2v) is 11.8. The van der Waals surface area contributed by atoms with Gasteiger partial charge in [-0.3, -0.25) is 4.79 Å². The van der Waals surface area contributed by atoms with Gasteiger partial charge in [-0.1, -0.05) is 44.2 Å². The molecule has 2 N–H and O–H groups in total. The maximum Gasteiger partial charge on any atom is 0.241 e. The third-order valence-electron chi connectivity index (χ3n) is 7.12. The molecule has 0 spiro atoms. The number of sulfonamides is 1. The lowest BCUT2D eigenvalue weighted by Gasteiger charge is -2.29. The Morgan fingerprint density at radius 3 is 2.66 bits per heavy atom. The van der Waals surface area contributed by atoms with Crippen LogP contribution in [-0.4, -0.2) is 39.5 Å². The van der Waals surface area contributed by atoms with Crippen molar-refractivity contribution >= 4 is 21.6 Å². The van der Waals surface area contributed by atoms with Crippen LogP contribution in [-0.2, 0) is 21.2 Å². The third-order valence-corrected chi connectivity index (χ3v) is 8.59. The van der Waals surface area contributed by atoms with Gasteiger partial charge in [0.25, 0.3) is 0 Å². The Morgan fingerprint density at radius 2 is 1.91 bits per heavy atom. The molecule has 1 amide bonds. The average Bonchev–Trinajstić information content (AvgIpc) is 3.20. The second-order valence-electron chi connectivity index (χ2n) is 10.1. The van der Waals surface area contributed by atoms with E-state index in [-0.39, 0.29) is 22.7 Å². The number of hydrogen-bond acceptors (Lipinski definition) is 4. The van der Waals surface area contributed by atoms with Crippen LogP contribution in [0.15, 0.2) is 47.4 Å². The molecule has 1 fully saturated rings. The standard InChI is InChI=1S/C27H36FN3O3S/c1-19-7-6-10-24(15-19)35(33,34)30-25(16-21-8-4-3-5-9-21)27(32)29-20(2)18-31-14-13-22-17-23(28)11-12-26(22)31/h6-7,10-12,15,17,20-21,25,30H,3-5,8-9,13-14,16,18H2,1-2H3,(H,29,32)/t20?,25-/m0/s1. The summed E-state index contributed by atoms with van der Waals surface area (Å²) < 4.78 is 42.5. The minimum absolute atomic E-state index is 0.174. The van der Waals surface area contributed by atoms with Crippen LogP contribution in [0.3, 0.4) is 0 Å². The molecule has 2 aromatic carbocycles. The monoisotopic (exact) mass is 501 g/mol. The van der Waals surface area contributed by atoms with Crippen molar-refractivity contribution in [2.75, 3.05) is 18.0 Å². The SMILES string of the molecule is Cc1cccc(S(=O)(=O)N[C@@H](CC2CCCCC2)C(=O)NC(C)CN2CCc3cc(F)ccc32)c1. The number of benzene rings is 2. The molecule has 2 aromatic rings. The number of amides is 1. The van der Waals surface area contributed by atoms with Crippen LogP contribution in [0.4, 0.5) is 10.1 Å². The Hall–Kier alpha value is -2.45. The molecule has 4 rings (SSSR count). The van der Waals surface area contributed by atoms with Gasteiger partial charge in [-0.15, -0.1) is 0 Å². The zero-order chi connectivity index (χ0) is 25.0. The van der Waals surface area contributed by atoms with Crippen molar-refractivity contribution < 1.29 is 17.6 Å². The molecule has 0 aromatic heterocycles.